The van der Waals surface area contributed by atoms with Gasteiger partial charge < -0.3 is 33.6 Å². The van der Waals surface area contributed by atoms with Crippen molar-refractivity contribution in [1.82, 2.24) is 20.0 Å². The molecule has 0 radical (unpaired) electrons. The van der Waals surface area contributed by atoms with Gasteiger partial charge in [-0.25, -0.2) is 9.59 Å². The fraction of sp³-hybridized carbons (Fsp3) is 0.773. The summed E-state index contributed by atoms with van der Waals surface area (Å²) in [5.41, 5.74) is 0.701. The number of thioether (sulfide) groups is 1. The number of hydrogen-bond acceptors (Lipinski definition) is 11. The van der Waals surface area contributed by atoms with Crippen molar-refractivity contribution < 1.29 is 47.7 Å². The van der Waals surface area contributed by atoms with Gasteiger partial charge in [0.1, 0.15) is 34.3 Å². The van der Waals surface area contributed by atoms with E-state index in [9.17, 15) is 29.2 Å². The number of nitrogens with one attached hydrogen (secondary N) is 1. The molecule has 6 bridgehead atoms. The van der Waals surface area contributed by atoms with Crippen LogP contribution in [0.25, 0.3) is 0 Å². The van der Waals surface area contributed by atoms with E-state index in [4.69, 9.17) is 18.5 Å². The maximum atomic E-state index is 13.7. The molecule has 1 unspecified atom stereocenters. The quantitative estimate of drug-likeness (QED) is 0.366. The molecule has 0 saturated carbocycles. The van der Waals surface area contributed by atoms with E-state index in [1.807, 2.05) is 6.92 Å². The molecular weight excluding hydrogens is 543 g/mol. The molecule has 5 saturated heterocycles. The average molecular weight is 575 g/mol. The van der Waals surface area contributed by atoms with Gasteiger partial charge in [0.2, 0.25) is 5.91 Å². The SMILES string of the molecule is CC1=CN2C(=O)N(C)C13S[C@]1(C)C(=O)NC(=O)N([C@H]31)[C@H]1C[C@H](O[P@@](C)(=O)OC[C@H]3O[C@@H]2C[C@@H]3O)[C@@H](CO)O1. The number of rotatable bonds is 1. The monoisotopic (exact) mass is 574 g/mol. The number of carbonyl (C=O) groups is 3. The third-order valence-corrected chi connectivity index (χ3v) is 11.6. The molecule has 0 aromatic heterocycles. The maximum absolute atomic E-state index is 13.7. The smallest absolute Gasteiger partial charge is 0.328 e. The molecule has 5 fully saturated rings. The highest BCUT2D eigenvalue weighted by atomic mass is 32.2. The van der Waals surface area contributed by atoms with E-state index in [-0.39, 0.29) is 19.4 Å². The molecule has 0 aliphatic carbocycles. The number of nitrogens with zero attached hydrogens (tertiary/aromatic N) is 3. The standard InChI is InChI=1S/C22H31N4O10PS/c1-10-7-25-15-5-11(28)14(35-15)9-33-37(4,32)36-12-6-16(34-13(12)8-27)26-17-21(2,18(29)23-19(26)30)38-22(10,17)24(3)20(25)31/h7,11-17,27-28H,5-6,8-9H2,1-4H3,(H,23,29,30)/t11-,12-,13+,14+,15+,16+,17-,21-,22?,37-/m0/s1. The summed E-state index contributed by atoms with van der Waals surface area (Å²) in [7, 11) is -2.12. The Bertz CT molecular complexity index is 1170. The molecule has 210 valence electrons. The summed E-state index contributed by atoms with van der Waals surface area (Å²) >= 11 is 1.26. The van der Waals surface area contributed by atoms with Crippen LogP contribution in [-0.4, -0.2) is 122 Å². The van der Waals surface area contributed by atoms with Crippen molar-refractivity contribution in [3.05, 3.63) is 11.8 Å². The number of imide groups is 1. The molecule has 7 aliphatic heterocycles. The Morgan fingerprint density at radius 3 is 2.66 bits per heavy atom. The summed E-state index contributed by atoms with van der Waals surface area (Å²) in [5, 5.41) is 23.0. The Morgan fingerprint density at radius 1 is 1.21 bits per heavy atom. The number of fused-ring (bicyclic) bond motifs is 4. The number of urea groups is 2. The molecule has 1 spiro atoms. The van der Waals surface area contributed by atoms with Gasteiger partial charge >= 0.3 is 19.7 Å². The molecule has 7 rings (SSSR count). The van der Waals surface area contributed by atoms with Crippen LogP contribution in [-0.2, 0) is 27.9 Å². The molecule has 7 heterocycles. The van der Waals surface area contributed by atoms with E-state index in [1.54, 1.807) is 20.2 Å². The van der Waals surface area contributed by atoms with E-state index in [0.29, 0.717) is 5.57 Å². The summed E-state index contributed by atoms with van der Waals surface area (Å²) in [6.45, 7) is 4.07. The topological polar surface area (TPSA) is 167 Å². The van der Waals surface area contributed by atoms with Gasteiger partial charge in [0.05, 0.1) is 31.5 Å². The highest BCUT2D eigenvalue weighted by molar-refractivity contribution is 8.04. The fourth-order valence-electron chi connectivity index (χ4n) is 6.43. The molecular formula is C22H31N4O10PS. The number of likely N-dealkylation sites (N-methyl/N-ethyl adjacent to an activating group) is 1. The van der Waals surface area contributed by atoms with Gasteiger partial charge in [-0.05, 0) is 19.4 Å². The summed E-state index contributed by atoms with van der Waals surface area (Å²) < 4.78 is 35.4. The van der Waals surface area contributed by atoms with Crippen LogP contribution in [0.1, 0.15) is 26.7 Å². The van der Waals surface area contributed by atoms with Gasteiger partial charge in [0, 0.05) is 32.8 Å². The zero-order chi connectivity index (χ0) is 27.4. The number of ether oxygens (including phenoxy) is 2. The number of hydrogen-bond donors (Lipinski definition) is 3. The molecule has 5 amide bonds. The second kappa shape index (κ2) is 8.64. The van der Waals surface area contributed by atoms with Crippen LogP contribution in [0.15, 0.2) is 11.8 Å². The van der Waals surface area contributed by atoms with Crippen LogP contribution in [0, 0.1) is 0 Å². The number of carbonyl (C=O) groups excluding carboxylic acids is 3. The second-order valence-corrected chi connectivity index (χ2v) is 14.4. The van der Waals surface area contributed by atoms with Crippen LogP contribution in [0.4, 0.5) is 9.59 Å². The molecule has 16 heteroatoms. The first-order valence-corrected chi connectivity index (χ1v) is 15.2. The Hall–Kier alpha value is -1.71. The predicted molar refractivity (Wildman–Crippen MR) is 131 cm³/mol. The molecule has 7 aliphatic rings. The summed E-state index contributed by atoms with van der Waals surface area (Å²) in [5.74, 6) is -0.481. The van der Waals surface area contributed by atoms with Crippen molar-refractivity contribution in [3.63, 3.8) is 0 Å². The van der Waals surface area contributed by atoms with Crippen LogP contribution >= 0.6 is 19.4 Å². The summed E-state index contributed by atoms with van der Waals surface area (Å²) in [6.07, 6.45) is -3.64. The normalized spacial score (nSPS) is 48.6. The van der Waals surface area contributed by atoms with Crippen molar-refractivity contribution in [2.75, 3.05) is 26.9 Å². The van der Waals surface area contributed by atoms with Gasteiger partial charge in [-0.3, -0.25) is 24.5 Å². The van der Waals surface area contributed by atoms with E-state index in [2.05, 4.69) is 5.32 Å². The molecule has 3 N–H and O–H groups in total. The highest BCUT2D eigenvalue weighted by Crippen LogP contribution is 2.65. The van der Waals surface area contributed by atoms with Gasteiger partial charge in [0.25, 0.3) is 0 Å². The van der Waals surface area contributed by atoms with Crippen LogP contribution < -0.4 is 5.32 Å². The van der Waals surface area contributed by atoms with Crippen LogP contribution in [0.2, 0.25) is 0 Å². The third kappa shape index (κ3) is 3.56. The zero-order valence-corrected chi connectivity index (χ0v) is 23.0. The summed E-state index contributed by atoms with van der Waals surface area (Å²) in [6, 6.07) is -1.95. The van der Waals surface area contributed by atoms with Crippen molar-refractivity contribution in [3.8, 4) is 0 Å². The Labute approximate surface area is 223 Å². The zero-order valence-electron chi connectivity index (χ0n) is 21.3. The molecule has 10 atom stereocenters. The lowest BCUT2D eigenvalue weighted by molar-refractivity contribution is -0.136. The number of aliphatic hydroxyl groups is 2. The first-order chi connectivity index (χ1) is 17.8. The van der Waals surface area contributed by atoms with Crippen molar-refractivity contribution in [2.45, 2.75) is 79.2 Å². The lowest BCUT2D eigenvalue weighted by atomic mass is 9.81. The summed E-state index contributed by atoms with van der Waals surface area (Å²) in [4.78, 5) is 43.3. The largest absolute Gasteiger partial charge is 0.394 e. The lowest BCUT2D eigenvalue weighted by Crippen LogP contribution is -2.86. The van der Waals surface area contributed by atoms with Gasteiger partial charge in [-0.2, -0.15) is 0 Å². The number of aliphatic hydroxyl groups excluding tert-OH is 2. The van der Waals surface area contributed by atoms with Crippen molar-refractivity contribution >= 4 is 37.3 Å². The Morgan fingerprint density at radius 2 is 1.95 bits per heavy atom. The van der Waals surface area contributed by atoms with Crippen molar-refractivity contribution in [1.29, 1.82) is 0 Å². The minimum Gasteiger partial charge on any atom is -0.394 e. The minimum absolute atomic E-state index is 0.0402. The van der Waals surface area contributed by atoms with Crippen LogP contribution in [0.3, 0.4) is 0 Å². The van der Waals surface area contributed by atoms with Gasteiger partial charge in [-0.15, -0.1) is 11.8 Å². The molecule has 38 heavy (non-hydrogen) atoms. The van der Waals surface area contributed by atoms with E-state index < -0.39 is 84.7 Å². The van der Waals surface area contributed by atoms with Gasteiger partial charge in [0.15, 0.2) is 0 Å². The lowest BCUT2D eigenvalue weighted by Gasteiger charge is -2.68. The van der Waals surface area contributed by atoms with E-state index >= 15 is 0 Å². The molecule has 0 aromatic carbocycles. The maximum Gasteiger partial charge on any atom is 0.328 e. The van der Waals surface area contributed by atoms with Crippen LogP contribution in [0.5, 0.6) is 0 Å². The Kier molecular flexibility index (Phi) is 6.03. The van der Waals surface area contributed by atoms with Crippen molar-refractivity contribution in [2.24, 2.45) is 0 Å². The second-order valence-electron chi connectivity index (χ2n) is 10.7. The first kappa shape index (κ1) is 26.5. The number of amides is 5. The van der Waals surface area contributed by atoms with Gasteiger partial charge in [-0.1, -0.05) is 0 Å². The first-order valence-electron chi connectivity index (χ1n) is 12.4. The average Bonchev–Trinajstić information content (AvgIpc) is 3.41. The van der Waals surface area contributed by atoms with E-state index in [1.165, 1.54) is 33.1 Å². The highest BCUT2D eigenvalue weighted by Gasteiger charge is 2.76. The minimum atomic E-state index is -3.72. The Balaban J connectivity index is 1.48. The third-order valence-electron chi connectivity index (χ3n) is 8.33. The molecule has 0 aromatic rings. The predicted octanol–water partition coefficient (Wildman–Crippen LogP) is 0.201. The molecule has 14 nitrogen and oxygen atoms in total. The fourth-order valence-corrected chi connectivity index (χ4v) is 9.51. The van der Waals surface area contributed by atoms with E-state index in [0.717, 1.165) is 0 Å².